The predicted octanol–water partition coefficient (Wildman–Crippen LogP) is 1.77. The van der Waals surface area contributed by atoms with E-state index in [1.54, 1.807) is 0 Å². The van der Waals surface area contributed by atoms with Crippen LogP contribution in [0.25, 0.3) is 0 Å². The van der Waals surface area contributed by atoms with E-state index in [0.29, 0.717) is 0 Å². The van der Waals surface area contributed by atoms with Gasteiger partial charge in [0.15, 0.2) is 0 Å². The van der Waals surface area contributed by atoms with E-state index in [1.807, 2.05) is 5.01 Å². The van der Waals surface area contributed by atoms with E-state index in [9.17, 15) is 0 Å². The summed E-state index contributed by atoms with van der Waals surface area (Å²) in [6.07, 6.45) is 8.35. The third kappa shape index (κ3) is 4.41. The molecule has 2 aliphatic heterocycles. The Balaban J connectivity index is 1.37. The molecule has 0 aromatic heterocycles. The molecule has 0 atom stereocenters. The van der Waals surface area contributed by atoms with Crippen LogP contribution in [0, 0.1) is 11.8 Å². The van der Waals surface area contributed by atoms with Crippen molar-refractivity contribution in [2.75, 3.05) is 45.8 Å². The molecule has 3 rings (SSSR count). The van der Waals surface area contributed by atoms with Crippen LogP contribution in [0.1, 0.15) is 45.4 Å². The molecule has 0 bridgehead atoms. The van der Waals surface area contributed by atoms with Gasteiger partial charge < -0.3 is 4.90 Å². The van der Waals surface area contributed by atoms with Crippen molar-refractivity contribution in [2.45, 2.75) is 51.5 Å². The van der Waals surface area contributed by atoms with Crippen molar-refractivity contribution in [1.82, 2.24) is 14.8 Å². The molecule has 1 saturated carbocycles. The fraction of sp³-hybridized carbons (Fsp3) is 1.00. The van der Waals surface area contributed by atoms with E-state index >= 15 is 0 Å². The number of hydrogen-bond donors (Lipinski definition) is 1. The molecule has 122 valence electrons. The zero-order valence-electron chi connectivity index (χ0n) is 13.8. The van der Waals surface area contributed by atoms with Crippen molar-refractivity contribution in [3.63, 3.8) is 0 Å². The molecule has 1 aliphatic carbocycles. The van der Waals surface area contributed by atoms with Crippen LogP contribution in [0.15, 0.2) is 0 Å². The minimum atomic E-state index is 0.881. The Morgan fingerprint density at radius 3 is 2.05 bits per heavy atom. The Bertz CT molecular complexity index is 298. The molecule has 4 nitrogen and oxygen atoms in total. The molecule has 21 heavy (non-hydrogen) atoms. The van der Waals surface area contributed by atoms with E-state index in [-0.39, 0.29) is 0 Å². The molecule has 2 heterocycles. The molecule has 3 fully saturated rings. The Hall–Kier alpha value is -0.160. The maximum atomic E-state index is 5.85. The summed E-state index contributed by atoms with van der Waals surface area (Å²) >= 11 is 0. The zero-order chi connectivity index (χ0) is 14.7. The smallest absolute Gasteiger partial charge is 0.0131 e. The van der Waals surface area contributed by atoms with Gasteiger partial charge in [0.25, 0.3) is 0 Å². The van der Waals surface area contributed by atoms with Gasteiger partial charge in [-0.2, -0.15) is 0 Å². The van der Waals surface area contributed by atoms with Crippen LogP contribution in [0.5, 0.6) is 0 Å². The normalized spacial score (nSPS) is 35.1. The number of piperidine rings is 1. The lowest BCUT2D eigenvalue weighted by atomic mass is 9.86. The lowest BCUT2D eigenvalue weighted by Gasteiger charge is -2.43. The molecule has 0 unspecified atom stereocenters. The molecule has 2 saturated heterocycles. The average Bonchev–Trinajstić information content (AvgIpc) is 2.51. The lowest BCUT2D eigenvalue weighted by Crippen LogP contribution is -2.52. The SMILES string of the molecule is CC1CCC(N2CCN(CC3CCN(N)CC3)CC2)CC1. The van der Waals surface area contributed by atoms with E-state index in [0.717, 1.165) is 31.0 Å². The van der Waals surface area contributed by atoms with Gasteiger partial charge in [0.1, 0.15) is 0 Å². The summed E-state index contributed by atoms with van der Waals surface area (Å²) in [6.45, 7) is 11.1. The first-order chi connectivity index (χ1) is 10.2. The van der Waals surface area contributed by atoms with Crippen LogP contribution in [0.3, 0.4) is 0 Å². The predicted molar refractivity (Wildman–Crippen MR) is 87.9 cm³/mol. The second-order valence-electron chi connectivity index (χ2n) is 7.73. The van der Waals surface area contributed by atoms with Crippen LogP contribution < -0.4 is 5.84 Å². The fourth-order valence-electron chi connectivity index (χ4n) is 4.42. The van der Waals surface area contributed by atoms with Crippen molar-refractivity contribution >= 4 is 0 Å². The van der Waals surface area contributed by atoms with Gasteiger partial charge >= 0.3 is 0 Å². The molecule has 0 aromatic carbocycles. The van der Waals surface area contributed by atoms with Crippen molar-refractivity contribution in [3.8, 4) is 0 Å². The van der Waals surface area contributed by atoms with Crippen molar-refractivity contribution < 1.29 is 0 Å². The third-order valence-corrected chi connectivity index (χ3v) is 6.07. The lowest BCUT2D eigenvalue weighted by molar-refractivity contribution is 0.0566. The van der Waals surface area contributed by atoms with Crippen molar-refractivity contribution in [3.05, 3.63) is 0 Å². The molecule has 0 amide bonds. The fourth-order valence-corrected chi connectivity index (χ4v) is 4.42. The summed E-state index contributed by atoms with van der Waals surface area (Å²) in [6, 6.07) is 0.892. The first-order valence-electron chi connectivity index (χ1n) is 9.17. The van der Waals surface area contributed by atoms with Crippen LogP contribution in [0.2, 0.25) is 0 Å². The van der Waals surface area contributed by atoms with E-state index in [4.69, 9.17) is 5.84 Å². The Morgan fingerprint density at radius 2 is 1.43 bits per heavy atom. The number of hydrazine groups is 1. The van der Waals surface area contributed by atoms with Gasteiger partial charge in [0.05, 0.1) is 0 Å². The topological polar surface area (TPSA) is 35.7 Å². The van der Waals surface area contributed by atoms with Crippen molar-refractivity contribution in [1.29, 1.82) is 0 Å². The summed E-state index contributed by atoms with van der Waals surface area (Å²) < 4.78 is 0. The molecule has 4 heteroatoms. The largest absolute Gasteiger partial charge is 0.301 e. The van der Waals surface area contributed by atoms with Gasteiger partial charge in [-0.3, -0.25) is 10.7 Å². The van der Waals surface area contributed by atoms with Gasteiger partial charge in [0, 0.05) is 51.9 Å². The van der Waals surface area contributed by atoms with Gasteiger partial charge in [-0.25, -0.2) is 5.01 Å². The molecule has 2 N–H and O–H groups in total. The minimum absolute atomic E-state index is 0.881. The molecular formula is C17H34N4. The van der Waals surface area contributed by atoms with E-state index < -0.39 is 0 Å². The van der Waals surface area contributed by atoms with Gasteiger partial charge in [-0.05, 0) is 50.4 Å². The van der Waals surface area contributed by atoms with Crippen molar-refractivity contribution in [2.24, 2.45) is 17.7 Å². The standard InChI is InChI=1S/C17H34N4/c1-15-2-4-17(5-3-15)20-12-10-19(11-13-20)14-16-6-8-21(18)9-7-16/h15-17H,2-14,18H2,1H3. The average molecular weight is 294 g/mol. The number of nitrogens with two attached hydrogens (primary N) is 1. The maximum Gasteiger partial charge on any atom is 0.0131 e. The second kappa shape index (κ2) is 7.40. The highest BCUT2D eigenvalue weighted by Crippen LogP contribution is 2.28. The number of nitrogens with zero attached hydrogens (tertiary/aromatic N) is 3. The van der Waals surface area contributed by atoms with Gasteiger partial charge in [-0.1, -0.05) is 6.92 Å². The highest BCUT2D eigenvalue weighted by Gasteiger charge is 2.28. The number of piperazine rings is 1. The van der Waals surface area contributed by atoms with E-state index in [2.05, 4.69) is 16.7 Å². The summed E-state index contributed by atoms with van der Waals surface area (Å²) in [4.78, 5) is 5.49. The monoisotopic (exact) mass is 294 g/mol. The van der Waals surface area contributed by atoms with Gasteiger partial charge in [0.2, 0.25) is 0 Å². The van der Waals surface area contributed by atoms with Crippen LogP contribution in [-0.2, 0) is 0 Å². The highest BCUT2D eigenvalue weighted by molar-refractivity contribution is 4.83. The summed E-state index contributed by atoms with van der Waals surface area (Å²) in [5.41, 5.74) is 0. The Kier molecular flexibility index (Phi) is 5.54. The molecule has 0 radical (unpaired) electrons. The van der Waals surface area contributed by atoms with Gasteiger partial charge in [-0.15, -0.1) is 0 Å². The van der Waals surface area contributed by atoms with Crippen LogP contribution in [-0.4, -0.2) is 66.7 Å². The summed E-state index contributed by atoms with van der Waals surface area (Å²) in [5.74, 6) is 7.70. The third-order valence-electron chi connectivity index (χ3n) is 6.07. The molecule has 0 spiro atoms. The molecule has 3 aliphatic rings. The number of rotatable bonds is 3. The molecular weight excluding hydrogens is 260 g/mol. The van der Waals surface area contributed by atoms with Crippen LogP contribution >= 0.6 is 0 Å². The van der Waals surface area contributed by atoms with E-state index in [1.165, 1.54) is 71.2 Å². The summed E-state index contributed by atoms with van der Waals surface area (Å²) in [5, 5.41) is 1.98. The number of hydrogen-bond acceptors (Lipinski definition) is 4. The first kappa shape index (κ1) is 15.7. The Morgan fingerprint density at radius 1 is 0.810 bits per heavy atom. The second-order valence-corrected chi connectivity index (χ2v) is 7.73. The highest BCUT2D eigenvalue weighted by atomic mass is 15.4. The molecule has 0 aromatic rings. The quantitative estimate of drug-likeness (QED) is 0.805. The van der Waals surface area contributed by atoms with Crippen LogP contribution in [0.4, 0.5) is 0 Å². The first-order valence-corrected chi connectivity index (χ1v) is 9.17. The zero-order valence-corrected chi connectivity index (χ0v) is 13.8. The minimum Gasteiger partial charge on any atom is -0.301 e. The maximum absolute atomic E-state index is 5.85. The summed E-state index contributed by atoms with van der Waals surface area (Å²) in [7, 11) is 0. The Labute approximate surface area is 130 Å².